The van der Waals surface area contributed by atoms with Gasteiger partial charge in [-0.3, -0.25) is 9.78 Å². The van der Waals surface area contributed by atoms with E-state index in [-0.39, 0.29) is 5.91 Å². The van der Waals surface area contributed by atoms with Crippen molar-refractivity contribution < 1.29 is 4.79 Å². The van der Waals surface area contributed by atoms with Gasteiger partial charge >= 0.3 is 0 Å². The molecule has 1 unspecified atom stereocenters. The molecular formula is C29H33N2OP. The monoisotopic (exact) mass is 456 g/mol. The average molecular weight is 457 g/mol. The van der Waals surface area contributed by atoms with Gasteiger partial charge in [0.25, 0.3) is 5.91 Å². The van der Waals surface area contributed by atoms with Crippen LogP contribution in [-0.2, 0) is 17.8 Å². The minimum Gasteiger partial charge on any atom is -0.337 e. The third-order valence-corrected chi connectivity index (χ3v) is 6.31. The standard InChI is InChI=1S/C29H33N2OP/c1-18(2)26-16-25(28(33)14-20(26)4)17-31(7)29(32)21(5)12-19(3)13-23-9-11-24-10-8-22(6)30-27(24)15-23/h8-12,14-16H,1,5,13,17,33H2,2-4,6-7H3/b19-12+. The summed E-state index contributed by atoms with van der Waals surface area (Å²) in [6.45, 7) is 16.8. The number of allylic oxidation sites excluding steroid dienone is 2. The number of carbonyl (C=O) groups excluding carboxylic acids is 1. The van der Waals surface area contributed by atoms with Crippen molar-refractivity contribution in [1.82, 2.24) is 9.88 Å². The first kappa shape index (κ1) is 24.6. The Balaban J connectivity index is 1.71. The number of benzene rings is 2. The van der Waals surface area contributed by atoms with Gasteiger partial charge in [-0.2, -0.15) is 0 Å². The highest BCUT2D eigenvalue weighted by molar-refractivity contribution is 7.27. The third kappa shape index (κ3) is 6.06. The summed E-state index contributed by atoms with van der Waals surface area (Å²) < 4.78 is 0. The molecule has 0 N–H and O–H groups in total. The lowest BCUT2D eigenvalue weighted by molar-refractivity contribution is -0.126. The second-order valence-corrected chi connectivity index (χ2v) is 9.60. The third-order valence-electron chi connectivity index (χ3n) is 5.77. The topological polar surface area (TPSA) is 33.2 Å². The molecule has 170 valence electrons. The van der Waals surface area contributed by atoms with Gasteiger partial charge in [-0.25, -0.2) is 0 Å². The Morgan fingerprint density at radius 2 is 1.79 bits per heavy atom. The summed E-state index contributed by atoms with van der Waals surface area (Å²) >= 11 is 0. The first-order valence-electron chi connectivity index (χ1n) is 11.1. The number of aromatic nitrogens is 1. The van der Waals surface area contributed by atoms with Gasteiger partial charge < -0.3 is 4.90 Å². The van der Waals surface area contributed by atoms with E-state index in [2.05, 4.69) is 70.7 Å². The van der Waals surface area contributed by atoms with E-state index in [1.165, 1.54) is 11.1 Å². The fourth-order valence-electron chi connectivity index (χ4n) is 4.05. The molecule has 1 aromatic heterocycles. The predicted molar refractivity (Wildman–Crippen MR) is 145 cm³/mol. The summed E-state index contributed by atoms with van der Waals surface area (Å²) in [5.41, 5.74) is 9.17. The van der Waals surface area contributed by atoms with Gasteiger partial charge in [-0.05, 0) is 79.9 Å². The number of aryl methyl sites for hydroxylation is 2. The Labute approximate surface area is 200 Å². The minimum absolute atomic E-state index is 0.0768. The van der Waals surface area contributed by atoms with E-state index in [9.17, 15) is 4.79 Å². The Bertz CT molecular complexity index is 1290. The van der Waals surface area contributed by atoms with Crippen LogP contribution in [0.3, 0.4) is 0 Å². The zero-order valence-corrected chi connectivity index (χ0v) is 21.5. The molecule has 0 fully saturated rings. The molecule has 3 nitrogen and oxygen atoms in total. The Morgan fingerprint density at radius 1 is 1.09 bits per heavy atom. The first-order valence-corrected chi connectivity index (χ1v) is 11.7. The van der Waals surface area contributed by atoms with Crippen molar-refractivity contribution in [3.63, 3.8) is 0 Å². The number of rotatable bonds is 7. The molecule has 0 saturated carbocycles. The van der Waals surface area contributed by atoms with Crippen molar-refractivity contribution in [3.05, 3.63) is 101 Å². The normalized spacial score (nSPS) is 11.5. The van der Waals surface area contributed by atoms with Crippen LogP contribution in [0.5, 0.6) is 0 Å². The molecule has 4 heteroatoms. The van der Waals surface area contributed by atoms with Crippen molar-refractivity contribution >= 4 is 36.9 Å². The summed E-state index contributed by atoms with van der Waals surface area (Å²) in [5.74, 6) is -0.0768. The van der Waals surface area contributed by atoms with E-state index in [4.69, 9.17) is 0 Å². The Morgan fingerprint density at radius 3 is 2.48 bits per heavy atom. The smallest absolute Gasteiger partial charge is 0.253 e. The van der Waals surface area contributed by atoms with E-state index in [1.54, 1.807) is 4.90 Å². The summed E-state index contributed by atoms with van der Waals surface area (Å²) in [7, 11) is 4.59. The van der Waals surface area contributed by atoms with Gasteiger partial charge in [0, 0.05) is 30.2 Å². The maximum atomic E-state index is 13.0. The molecule has 0 spiro atoms. The molecule has 1 atom stereocenters. The molecule has 0 aliphatic rings. The van der Waals surface area contributed by atoms with Crippen LogP contribution in [0.15, 0.2) is 72.8 Å². The number of likely N-dealkylation sites (N-methyl/N-ethyl adjacent to an activating group) is 1. The predicted octanol–water partition coefficient (Wildman–Crippen LogP) is 6.09. The highest BCUT2D eigenvalue weighted by Gasteiger charge is 2.14. The molecule has 1 heterocycles. The van der Waals surface area contributed by atoms with Crippen molar-refractivity contribution in [2.24, 2.45) is 0 Å². The number of fused-ring (bicyclic) bond motifs is 1. The number of hydrogen-bond acceptors (Lipinski definition) is 2. The molecule has 0 aliphatic carbocycles. The molecule has 0 aliphatic heterocycles. The minimum atomic E-state index is -0.0768. The van der Waals surface area contributed by atoms with Gasteiger partial charge in [-0.15, -0.1) is 9.24 Å². The zero-order chi connectivity index (χ0) is 24.3. The van der Waals surface area contributed by atoms with Crippen molar-refractivity contribution in [1.29, 1.82) is 0 Å². The van der Waals surface area contributed by atoms with Crippen molar-refractivity contribution in [3.8, 4) is 0 Å². The summed E-state index contributed by atoms with van der Waals surface area (Å²) in [6.07, 6.45) is 2.64. The van der Waals surface area contributed by atoms with Crippen LogP contribution in [0.1, 0.15) is 41.8 Å². The SMILES string of the molecule is C=C(/C=C(\C)Cc1ccc2ccc(C)nc2c1)C(=O)N(C)Cc1cc(C(=C)C)c(C)cc1P. The van der Waals surface area contributed by atoms with Crippen molar-refractivity contribution in [2.45, 2.75) is 40.7 Å². The number of amides is 1. The van der Waals surface area contributed by atoms with Crippen molar-refractivity contribution in [2.75, 3.05) is 7.05 Å². The van der Waals surface area contributed by atoms with Crippen LogP contribution < -0.4 is 5.30 Å². The molecular weight excluding hydrogens is 423 g/mol. The highest BCUT2D eigenvalue weighted by Crippen LogP contribution is 2.21. The molecule has 0 saturated heterocycles. The number of pyridine rings is 1. The van der Waals surface area contributed by atoms with Gasteiger partial charge in [0.05, 0.1) is 5.52 Å². The number of carbonyl (C=O) groups is 1. The molecule has 0 radical (unpaired) electrons. The molecule has 1 amide bonds. The van der Waals surface area contributed by atoms with Crippen LogP contribution in [0.2, 0.25) is 0 Å². The molecule has 33 heavy (non-hydrogen) atoms. The number of hydrogen-bond donors (Lipinski definition) is 0. The van der Waals surface area contributed by atoms with E-state index < -0.39 is 0 Å². The van der Waals surface area contributed by atoms with Crippen LogP contribution in [-0.4, -0.2) is 22.8 Å². The molecule has 2 aromatic carbocycles. The summed E-state index contributed by atoms with van der Waals surface area (Å²) in [5, 5.41) is 2.22. The van der Waals surface area contributed by atoms with Crippen LogP contribution in [0.4, 0.5) is 0 Å². The zero-order valence-electron chi connectivity index (χ0n) is 20.3. The Kier molecular flexibility index (Phi) is 7.66. The largest absolute Gasteiger partial charge is 0.337 e. The average Bonchev–Trinajstić information content (AvgIpc) is 2.74. The molecule has 3 rings (SSSR count). The quantitative estimate of drug-likeness (QED) is 0.245. The maximum absolute atomic E-state index is 13.0. The fraction of sp³-hybridized carbons (Fsp3) is 0.241. The summed E-state index contributed by atoms with van der Waals surface area (Å²) in [4.78, 5) is 19.3. The first-order chi connectivity index (χ1) is 15.5. The van der Waals surface area contributed by atoms with Crippen LogP contribution >= 0.6 is 9.24 Å². The van der Waals surface area contributed by atoms with E-state index in [1.807, 2.05) is 40.0 Å². The van der Waals surface area contributed by atoms with E-state index >= 15 is 0 Å². The van der Waals surface area contributed by atoms with Gasteiger partial charge in [0.15, 0.2) is 0 Å². The van der Waals surface area contributed by atoms with Gasteiger partial charge in [-0.1, -0.05) is 54.6 Å². The van der Waals surface area contributed by atoms with E-state index in [0.29, 0.717) is 12.1 Å². The lowest BCUT2D eigenvalue weighted by Crippen LogP contribution is -2.28. The van der Waals surface area contributed by atoms with Gasteiger partial charge in [0.2, 0.25) is 0 Å². The van der Waals surface area contributed by atoms with Gasteiger partial charge in [0.1, 0.15) is 0 Å². The highest BCUT2D eigenvalue weighted by atomic mass is 31.0. The summed E-state index contributed by atoms with van der Waals surface area (Å²) in [6, 6.07) is 14.7. The van der Waals surface area contributed by atoms with Crippen LogP contribution in [0.25, 0.3) is 16.5 Å². The van der Waals surface area contributed by atoms with Crippen LogP contribution in [0, 0.1) is 13.8 Å². The fourth-order valence-corrected chi connectivity index (χ4v) is 4.48. The lowest BCUT2D eigenvalue weighted by atomic mass is 9.99. The van der Waals surface area contributed by atoms with E-state index in [0.717, 1.165) is 50.6 Å². The maximum Gasteiger partial charge on any atom is 0.253 e. The molecule has 0 bridgehead atoms. The second-order valence-electron chi connectivity index (χ2n) is 8.98. The lowest BCUT2D eigenvalue weighted by Gasteiger charge is -2.20. The molecule has 3 aromatic rings. The number of nitrogens with zero attached hydrogens (tertiary/aromatic N) is 2. The second kappa shape index (κ2) is 10.3. The Hall–Kier alpha value is -3.03.